The molecule has 0 heterocycles. The Kier molecular flexibility index (Phi) is 6.57. The number of esters is 1. The van der Waals surface area contributed by atoms with Crippen molar-refractivity contribution >= 4 is 33.3 Å². The molecule has 0 aromatic heterocycles. The maximum atomic E-state index is 12.6. The molecule has 0 spiro atoms. The first kappa shape index (κ1) is 20.4. The Labute approximate surface area is 159 Å². The molecular weight excluding hydrogens is 368 g/mol. The van der Waals surface area contributed by atoms with E-state index in [9.17, 15) is 18.0 Å². The van der Waals surface area contributed by atoms with Crippen LogP contribution in [0, 0.1) is 0 Å². The lowest BCUT2D eigenvalue weighted by molar-refractivity contribution is -0.116. The number of nitrogens with one attached hydrogen (secondary N) is 1. The molecule has 0 saturated heterocycles. The summed E-state index contributed by atoms with van der Waals surface area (Å²) in [7, 11) is -3.69. The standard InChI is InChI=1S/C19H22N2O5S/c1-4-26-19(23)15-9-8-10-16(13-15)20-18(22)14(2)21(27(3,24)25)17-11-6-5-7-12-17/h5-14H,4H2,1-3H3,(H,20,22)/t14-/m1/s1. The SMILES string of the molecule is CCOC(=O)c1cccc(NC(=O)[C@@H](C)N(c2ccccc2)S(C)(=O)=O)c1. The highest BCUT2D eigenvalue weighted by Crippen LogP contribution is 2.21. The largest absolute Gasteiger partial charge is 0.462 e. The van der Waals surface area contributed by atoms with E-state index in [1.54, 1.807) is 55.5 Å². The minimum absolute atomic E-state index is 0.243. The average molecular weight is 390 g/mol. The predicted octanol–water partition coefficient (Wildman–Crippen LogP) is 2.66. The molecule has 27 heavy (non-hydrogen) atoms. The molecule has 1 amide bonds. The van der Waals surface area contributed by atoms with Gasteiger partial charge in [0.15, 0.2) is 0 Å². The van der Waals surface area contributed by atoms with E-state index in [1.807, 2.05) is 0 Å². The molecule has 0 aliphatic rings. The van der Waals surface area contributed by atoms with Gasteiger partial charge in [-0.1, -0.05) is 24.3 Å². The average Bonchev–Trinajstić information content (AvgIpc) is 2.62. The zero-order valence-electron chi connectivity index (χ0n) is 15.4. The third kappa shape index (κ3) is 5.30. The van der Waals surface area contributed by atoms with Gasteiger partial charge in [-0.2, -0.15) is 0 Å². The number of para-hydroxylation sites is 1. The van der Waals surface area contributed by atoms with Crippen LogP contribution in [0.3, 0.4) is 0 Å². The third-order valence-corrected chi connectivity index (χ3v) is 4.98. The lowest BCUT2D eigenvalue weighted by Crippen LogP contribution is -2.45. The van der Waals surface area contributed by atoms with Crippen LogP contribution >= 0.6 is 0 Å². The van der Waals surface area contributed by atoms with E-state index in [-0.39, 0.29) is 6.61 Å². The lowest BCUT2D eigenvalue weighted by Gasteiger charge is -2.28. The zero-order chi connectivity index (χ0) is 20.0. The summed E-state index contributed by atoms with van der Waals surface area (Å²) in [4.78, 5) is 24.5. The van der Waals surface area contributed by atoms with E-state index in [2.05, 4.69) is 5.32 Å². The lowest BCUT2D eigenvalue weighted by atomic mass is 10.2. The molecule has 0 bridgehead atoms. The summed E-state index contributed by atoms with van der Waals surface area (Å²) in [5, 5.41) is 2.65. The van der Waals surface area contributed by atoms with Gasteiger partial charge in [0.05, 0.1) is 24.1 Å². The maximum absolute atomic E-state index is 12.6. The van der Waals surface area contributed by atoms with Gasteiger partial charge in [0.2, 0.25) is 15.9 Å². The normalized spacial score (nSPS) is 12.1. The second-order valence-electron chi connectivity index (χ2n) is 5.86. The van der Waals surface area contributed by atoms with E-state index in [0.29, 0.717) is 16.9 Å². The fraction of sp³-hybridized carbons (Fsp3) is 0.263. The summed E-state index contributed by atoms with van der Waals surface area (Å²) >= 11 is 0. The number of anilines is 2. The van der Waals surface area contributed by atoms with Crippen LogP contribution < -0.4 is 9.62 Å². The number of carbonyl (C=O) groups is 2. The van der Waals surface area contributed by atoms with Crippen molar-refractivity contribution in [3.05, 3.63) is 60.2 Å². The van der Waals surface area contributed by atoms with Crippen LogP contribution in [0.25, 0.3) is 0 Å². The van der Waals surface area contributed by atoms with Gasteiger partial charge in [0, 0.05) is 5.69 Å². The summed E-state index contributed by atoms with van der Waals surface area (Å²) in [5.74, 6) is -1.02. The predicted molar refractivity (Wildman–Crippen MR) is 104 cm³/mol. The number of nitrogens with zero attached hydrogens (tertiary/aromatic N) is 1. The highest BCUT2D eigenvalue weighted by molar-refractivity contribution is 7.92. The van der Waals surface area contributed by atoms with Gasteiger partial charge >= 0.3 is 5.97 Å². The quantitative estimate of drug-likeness (QED) is 0.734. The first-order valence-corrected chi connectivity index (χ1v) is 10.2. The third-order valence-electron chi connectivity index (χ3n) is 3.74. The van der Waals surface area contributed by atoms with Gasteiger partial charge in [-0.05, 0) is 44.2 Å². The molecule has 0 aliphatic heterocycles. The second-order valence-corrected chi connectivity index (χ2v) is 7.72. The Morgan fingerprint density at radius 1 is 1.11 bits per heavy atom. The Morgan fingerprint density at radius 2 is 1.78 bits per heavy atom. The maximum Gasteiger partial charge on any atom is 0.338 e. The van der Waals surface area contributed by atoms with Crippen LogP contribution in [0.2, 0.25) is 0 Å². The fourth-order valence-corrected chi connectivity index (χ4v) is 3.74. The number of sulfonamides is 1. The highest BCUT2D eigenvalue weighted by atomic mass is 32.2. The Balaban J connectivity index is 2.23. The number of carbonyl (C=O) groups excluding carboxylic acids is 2. The van der Waals surface area contributed by atoms with Crippen molar-refractivity contribution in [1.82, 2.24) is 0 Å². The molecule has 0 unspecified atom stereocenters. The van der Waals surface area contributed by atoms with Crippen LogP contribution in [0.4, 0.5) is 11.4 Å². The van der Waals surface area contributed by atoms with Crippen LogP contribution in [0.5, 0.6) is 0 Å². The molecule has 7 nitrogen and oxygen atoms in total. The number of amides is 1. The van der Waals surface area contributed by atoms with E-state index >= 15 is 0 Å². The van der Waals surface area contributed by atoms with Crippen molar-refractivity contribution in [2.45, 2.75) is 19.9 Å². The second kappa shape index (κ2) is 8.68. The molecule has 0 aliphatic carbocycles. The molecule has 144 valence electrons. The molecule has 1 N–H and O–H groups in total. The summed E-state index contributed by atoms with van der Waals surface area (Å²) in [6.07, 6.45) is 1.05. The van der Waals surface area contributed by atoms with Crippen molar-refractivity contribution in [2.24, 2.45) is 0 Å². The molecule has 0 fully saturated rings. The van der Waals surface area contributed by atoms with E-state index in [0.717, 1.165) is 10.6 Å². The van der Waals surface area contributed by atoms with Gasteiger partial charge < -0.3 is 10.1 Å². The first-order valence-electron chi connectivity index (χ1n) is 8.36. The molecule has 2 aromatic carbocycles. The van der Waals surface area contributed by atoms with Crippen LogP contribution in [-0.2, 0) is 19.6 Å². The van der Waals surface area contributed by atoms with Gasteiger partial charge in [-0.3, -0.25) is 9.10 Å². The van der Waals surface area contributed by atoms with Crippen molar-refractivity contribution in [3.8, 4) is 0 Å². The fourth-order valence-electron chi connectivity index (χ4n) is 2.57. The molecule has 8 heteroatoms. The first-order chi connectivity index (χ1) is 12.7. The van der Waals surface area contributed by atoms with Crippen LogP contribution in [-0.4, -0.2) is 39.2 Å². The van der Waals surface area contributed by atoms with Crippen molar-refractivity contribution in [3.63, 3.8) is 0 Å². The molecule has 0 radical (unpaired) electrons. The number of rotatable bonds is 7. The summed E-state index contributed by atoms with van der Waals surface area (Å²) in [5.41, 5.74) is 1.06. The number of hydrogen-bond acceptors (Lipinski definition) is 5. The zero-order valence-corrected chi connectivity index (χ0v) is 16.2. The van der Waals surface area contributed by atoms with E-state index in [4.69, 9.17) is 4.74 Å². The Bertz CT molecular complexity index is 913. The highest BCUT2D eigenvalue weighted by Gasteiger charge is 2.29. The Morgan fingerprint density at radius 3 is 2.37 bits per heavy atom. The summed E-state index contributed by atoms with van der Waals surface area (Å²) < 4.78 is 30.5. The smallest absolute Gasteiger partial charge is 0.338 e. The number of benzene rings is 2. The van der Waals surface area contributed by atoms with Crippen LogP contribution in [0.15, 0.2) is 54.6 Å². The monoisotopic (exact) mass is 390 g/mol. The summed E-state index contributed by atoms with van der Waals surface area (Å²) in [6.45, 7) is 3.44. The van der Waals surface area contributed by atoms with E-state index < -0.39 is 27.9 Å². The number of hydrogen-bond donors (Lipinski definition) is 1. The van der Waals surface area contributed by atoms with Crippen molar-refractivity contribution in [1.29, 1.82) is 0 Å². The van der Waals surface area contributed by atoms with Gasteiger partial charge in [0.25, 0.3) is 0 Å². The van der Waals surface area contributed by atoms with Gasteiger partial charge in [-0.15, -0.1) is 0 Å². The molecule has 0 saturated carbocycles. The van der Waals surface area contributed by atoms with Gasteiger partial charge in [0.1, 0.15) is 6.04 Å². The molecule has 1 atom stereocenters. The van der Waals surface area contributed by atoms with Crippen molar-refractivity contribution < 1.29 is 22.7 Å². The minimum Gasteiger partial charge on any atom is -0.462 e. The minimum atomic E-state index is -3.69. The summed E-state index contributed by atoms with van der Waals surface area (Å²) in [6, 6.07) is 13.7. The molecule has 2 rings (SSSR count). The Hall–Kier alpha value is -2.87. The van der Waals surface area contributed by atoms with Gasteiger partial charge in [-0.25, -0.2) is 13.2 Å². The molecule has 2 aromatic rings. The number of ether oxygens (including phenoxy) is 1. The molecular formula is C19H22N2O5S. The van der Waals surface area contributed by atoms with E-state index in [1.165, 1.54) is 13.0 Å². The van der Waals surface area contributed by atoms with Crippen LogP contribution in [0.1, 0.15) is 24.2 Å². The van der Waals surface area contributed by atoms with Crippen molar-refractivity contribution in [2.75, 3.05) is 22.5 Å². The topological polar surface area (TPSA) is 92.8 Å².